The minimum absolute atomic E-state index is 0.0587. The average Bonchev–Trinajstić information content (AvgIpc) is 2.96. The van der Waals surface area contributed by atoms with Gasteiger partial charge in [-0.1, -0.05) is 18.2 Å². The van der Waals surface area contributed by atoms with Crippen LogP contribution in [0.15, 0.2) is 42.5 Å². The molecule has 0 fully saturated rings. The molecule has 2 aliphatic heterocycles. The number of para-hydroxylation sites is 1. The van der Waals surface area contributed by atoms with Gasteiger partial charge in [0, 0.05) is 29.5 Å². The first-order valence-electron chi connectivity index (χ1n) is 9.13. The summed E-state index contributed by atoms with van der Waals surface area (Å²) in [5, 5.41) is 6.21. The van der Waals surface area contributed by atoms with Gasteiger partial charge in [-0.25, -0.2) is 0 Å². The van der Waals surface area contributed by atoms with Crippen LogP contribution in [0.2, 0.25) is 0 Å². The molecule has 2 heterocycles. The first kappa shape index (κ1) is 16.6. The van der Waals surface area contributed by atoms with Crippen molar-refractivity contribution in [3.05, 3.63) is 53.6 Å². The van der Waals surface area contributed by atoms with Gasteiger partial charge in [-0.2, -0.15) is 0 Å². The molecule has 0 radical (unpaired) electrons. The van der Waals surface area contributed by atoms with E-state index in [2.05, 4.69) is 23.6 Å². The van der Waals surface area contributed by atoms with Gasteiger partial charge in [0.05, 0.1) is 0 Å². The monoisotopic (exact) mass is 349 g/mol. The van der Waals surface area contributed by atoms with Gasteiger partial charge < -0.3 is 15.5 Å². The highest BCUT2D eigenvalue weighted by atomic mass is 16.2. The Kier molecular flexibility index (Phi) is 4.15. The number of amides is 2. The zero-order valence-electron chi connectivity index (χ0n) is 15.1. The lowest BCUT2D eigenvalue weighted by molar-refractivity contribution is -0.119. The van der Waals surface area contributed by atoms with Crippen LogP contribution < -0.4 is 15.5 Å². The summed E-state index contributed by atoms with van der Waals surface area (Å²) >= 11 is 0. The van der Waals surface area contributed by atoms with E-state index in [4.69, 9.17) is 0 Å². The van der Waals surface area contributed by atoms with Gasteiger partial charge in [-0.15, -0.1) is 0 Å². The van der Waals surface area contributed by atoms with Crippen molar-refractivity contribution in [3.8, 4) is 0 Å². The van der Waals surface area contributed by atoms with Gasteiger partial charge in [0.1, 0.15) is 6.04 Å². The molecule has 0 aromatic heterocycles. The van der Waals surface area contributed by atoms with Gasteiger partial charge in [0.2, 0.25) is 11.8 Å². The van der Waals surface area contributed by atoms with Gasteiger partial charge in [0.25, 0.3) is 0 Å². The van der Waals surface area contributed by atoms with Crippen LogP contribution in [0.4, 0.5) is 17.1 Å². The third-order valence-corrected chi connectivity index (χ3v) is 5.20. The van der Waals surface area contributed by atoms with Crippen LogP contribution in [-0.2, 0) is 22.4 Å². The fourth-order valence-corrected chi connectivity index (χ4v) is 3.89. The predicted molar refractivity (Wildman–Crippen MR) is 104 cm³/mol. The Morgan fingerprint density at radius 3 is 2.85 bits per heavy atom. The maximum absolute atomic E-state index is 13.1. The van der Waals surface area contributed by atoms with Crippen LogP contribution in [0.5, 0.6) is 0 Å². The van der Waals surface area contributed by atoms with Crippen molar-refractivity contribution < 1.29 is 9.59 Å². The Balaban J connectivity index is 1.51. The number of rotatable bonds is 3. The van der Waals surface area contributed by atoms with Crippen LogP contribution in [0.25, 0.3) is 0 Å². The average molecular weight is 349 g/mol. The van der Waals surface area contributed by atoms with E-state index in [1.165, 1.54) is 5.56 Å². The number of fused-ring (bicyclic) bond motifs is 2. The fraction of sp³-hybridized carbons (Fsp3) is 0.333. The molecule has 0 saturated carbocycles. The SMILES string of the molecule is C[C@H](Nc1ccc2c(c1)CCC(=O)N2)C(=O)N1c2ccccc2C[C@H]1C. The number of carbonyl (C=O) groups excluding carboxylic acids is 2. The van der Waals surface area contributed by atoms with E-state index in [0.717, 1.165) is 35.5 Å². The van der Waals surface area contributed by atoms with Crippen molar-refractivity contribution in [2.45, 2.75) is 45.2 Å². The standard InChI is InChI=1S/C21H23N3O2/c1-13-11-16-5-3-4-6-19(16)24(13)21(26)14(2)22-17-8-9-18-15(12-17)7-10-20(25)23-18/h3-6,8-9,12-14,22H,7,10-11H2,1-2H3,(H,23,25)/t13-,14+/m1/s1. The molecular weight excluding hydrogens is 326 g/mol. The number of carbonyl (C=O) groups is 2. The number of hydrogen-bond donors (Lipinski definition) is 2. The summed E-state index contributed by atoms with van der Waals surface area (Å²) in [5.74, 6) is 0.136. The Morgan fingerprint density at radius 2 is 2.00 bits per heavy atom. The highest BCUT2D eigenvalue weighted by Crippen LogP contribution is 2.33. The van der Waals surface area contributed by atoms with Crippen LogP contribution in [-0.4, -0.2) is 23.9 Å². The molecule has 26 heavy (non-hydrogen) atoms. The minimum Gasteiger partial charge on any atom is -0.374 e. The second kappa shape index (κ2) is 6.48. The molecule has 2 aliphatic rings. The fourth-order valence-electron chi connectivity index (χ4n) is 3.89. The van der Waals surface area contributed by atoms with Crippen molar-refractivity contribution in [3.63, 3.8) is 0 Å². The second-order valence-corrected chi connectivity index (χ2v) is 7.18. The lowest BCUT2D eigenvalue weighted by atomic mass is 10.0. The topological polar surface area (TPSA) is 61.4 Å². The van der Waals surface area contributed by atoms with Crippen molar-refractivity contribution in [2.75, 3.05) is 15.5 Å². The normalized spacial score (nSPS) is 19.4. The molecule has 0 bridgehead atoms. The zero-order chi connectivity index (χ0) is 18.3. The molecule has 2 aromatic carbocycles. The van der Waals surface area contributed by atoms with Crippen molar-refractivity contribution in [2.24, 2.45) is 0 Å². The number of nitrogens with zero attached hydrogens (tertiary/aromatic N) is 1. The highest BCUT2D eigenvalue weighted by molar-refractivity contribution is 6.01. The van der Waals surface area contributed by atoms with Gasteiger partial charge in [0.15, 0.2) is 0 Å². The van der Waals surface area contributed by atoms with Gasteiger partial charge in [-0.05, 0) is 62.1 Å². The van der Waals surface area contributed by atoms with Gasteiger partial charge >= 0.3 is 0 Å². The minimum atomic E-state index is -0.333. The Morgan fingerprint density at radius 1 is 1.19 bits per heavy atom. The molecule has 5 nitrogen and oxygen atoms in total. The van der Waals surface area contributed by atoms with Crippen molar-refractivity contribution >= 4 is 28.9 Å². The molecule has 2 N–H and O–H groups in total. The summed E-state index contributed by atoms with van der Waals surface area (Å²) in [5.41, 5.74) is 5.12. The predicted octanol–water partition coefficient (Wildman–Crippen LogP) is 3.35. The Bertz CT molecular complexity index is 877. The quantitative estimate of drug-likeness (QED) is 0.893. The van der Waals surface area contributed by atoms with Crippen LogP contribution in [0.3, 0.4) is 0 Å². The number of aryl methyl sites for hydroxylation is 1. The first-order chi connectivity index (χ1) is 12.5. The number of hydrogen-bond acceptors (Lipinski definition) is 3. The second-order valence-electron chi connectivity index (χ2n) is 7.18. The molecule has 5 heteroatoms. The maximum Gasteiger partial charge on any atom is 0.249 e. The van der Waals surface area contributed by atoms with E-state index in [1.54, 1.807) is 0 Å². The maximum atomic E-state index is 13.1. The van der Waals surface area contributed by atoms with Crippen molar-refractivity contribution in [1.29, 1.82) is 0 Å². The molecule has 0 unspecified atom stereocenters. The van der Waals surface area contributed by atoms with E-state index in [9.17, 15) is 9.59 Å². The number of benzene rings is 2. The summed E-state index contributed by atoms with van der Waals surface area (Å²) in [6.07, 6.45) is 2.13. The zero-order valence-corrected chi connectivity index (χ0v) is 15.1. The van der Waals surface area contributed by atoms with Crippen LogP contribution in [0.1, 0.15) is 31.4 Å². The number of nitrogens with one attached hydrogen (secondary N) is 2. The van der Waals surface area contributed by atoms with E-state index in [1.807, 2.05) is 48.2 Å². The van der Waals surface area contributed by atoms with E-state index < -0.39 is 0 Å². The van der Waals surface area contributed by atoms with Crippen LogP contribution >= 0.6 is 0 Å². The molecule has 134 valence electrons. The molecule has 2 amide bonds. The lowest BCUT2D eigenvalue weighted by Crippen LogP contribution is -2.44. The first-order valence-corrected chi connectivity index (χ1v) is 9.13. The molecule has 4 rings (SSSR count). The molecule has 0 aliphatic carbocycles. The molecule has 2 aromatic rings. The summed E-state index contributed by atoms with van der Waals surface area (Å²) in [4.78, 5) is 26.4. The number of anilines is 3. The molecule has 2 atom stereocenters. The third-order valence-electron chi connectivity index (χ3n) is 5.20. The molecule has 0 saturated heterocycles. The molecule has 0 spiro atoms. The lowest BCUT2D eigenvalue weighted by Gasteiger charge is -2.27. The summed E-state index contributed by atoms with van der Waals surface area (Å²) in [6, 6.07) is 13.8. The summed E-state index contributed by atoms with van der Waals surface area (Å²) in [7, 11) is 0. The molecular formula is C21H23N3O2. The Hall–Kier alpha value is -2.82. The Labute approximate surface area is 153 Å². The van der Waals surface area contributed by atoms with Crippen LogP contribution in [0, 0.1) is 0 Å². The summed E-state index contributed by atoms with van der Waals surface area (Å²) < 4.78 is 0. The third kappa shape index (κ3) is 2.94. The largest absolute Gasteiger partial charge is 0.374 e. The summed E-state index contributed by atoms with van der Waals surface area (Å²) in [6.45, 7) is 3.99. The van der Waals surface area contributed by atoms with E-state index >= 15 is 0 Å². The van der Waals surface area contributed by atoms with E-state index in [0.29, 0.717) is 6.42 Å². The van der Waals surface area contributed by atoms with E-state index in [-0.39, 0.29) is 23.9 Å². The highest BCUT2D eigenvalue weighted by Gasteiger charge is 2.33. The van der Waals surface area contributed by atoms with Crippen molar-refractivity contribution in [1.82, 2.24) is 0 Å². The smallest absolute Gasteiger partial charge is 0.249 e. The van der Waals surface area contributed by atoms with Gasteiger partial charge in [-0.3, -0.25) is 9.59 Å².